The zero-order chi connectivity index (χ0) is 14.2. The second-order valence-corrected chi connectivity index (χ2v) is 4.67. The molecule has 0 heterocycles. The zero-order valence-electron chi connectivity index (χ0n) is 11.8. The summed E-state index contributed by atoms with van der Waals surface area (Å²) in [5.74, 6) is 1.23. The van der Waals surface area contributed by atoms with Crippen LogP contribution >= 0.6 is 0 Å². The summed E-state index contributed by atoms with van der Waals surface area (Å²) in [6, 6.07) is 15.5. The van der Waals surface area contributed by atoms with E-state index in [1.165, 1.54) is 11.1 Å². The third-order valence-electron chi connectivity index (χ3n) is 3.09. The van der Waals surface area contributed by atoms with Crippen molar-refractivity contribution in [1.29, 1.82) is 0 Å². The van der Waals surface area contributed by atoms with Gasteiger partial charge in [-0.3, -0.25) is 0 Å². The fourth-order valence-corrected chi connectivity index (χ4v) is 2.00. The van der Waals surface area contributed by atoms with Crippen LogP contribution in [0.15, 0.2) is 48.5 Å². The summed E-state index contributed by atoms with van der Waals surface area (Å²) in [7, 11) is 0. The average molecular weight is 271 g/mol. The molecule has 0 amide bonds. The Morgan fingerprint density at radius 2 is 1.60 bits per heavy atom. The molecule has 0 radical (unpaired) electrons. The highest BCUT2D eigenvalue weighted by Gasteiger charge is 1.96. The molecule has 3 heteroatoms. The van der Waals surface area contributed by atoms with E-state index in [-0.39, 0.29) is 0 Å². The Balaban J connectivity index is 1.71. The van der Waals surface area contributed by atoms with Crippen LogP contribution in [0.5, 0.6) is 11.5 Å². The summed E-state index contributed by atoms with van der Waals surface area (Å²) in [6.07, 6.45) is 0.956. The molecule has 0 aliphatic heterocycles. The maximum absolute atomic E-state index is 9.21. The van der Waals surface area contributed by atoms with Gasteiger partial charge >= 0.3 is 0 Å². The molecule has 0 aliphatic carbocycles. The number of aromatic hydroxyl groups is 1. The minimum absolute atomic E-state index is 0.316. The van der Waals surface area contributed by atoms with E-state index < -0.39 is 0 Å². The predicted molar refractivity (Wildman–Crippen MR) is 81.1 cm³/mol. The first-order chi connectivity index (χ1) is 9.78. The molecule has 0 atom stereocenters. The van der Waals surface area contributed by atoms with Crippen molar-refractivity contribution in [3.63, 3.8) is 0 Å². The fraction of sp³-hybridized carbons (Fsp3) is 0.294. The van der Waals surface area contributed by atoms with Gasteiger partial charge < -0.3 is 15.2 Å². The average Bonchev–Trinajstić information content (AvgIpc) is 2.47. The first kappa shape index (κ1) is 14.4. The number of rotatable bonds is 7. The third-order valence-corrected chi connectivity index (χ3v) is 3.09. The molecular formula is C17H21NO2. The Bertz CT molecular complexity index is 506. The molecule has 106 valence electrons. The number of hydrogen-bond acceptors (Lipinski definition) is 3. The molecule has 20 heavy (non-hydrogen) atoms. The van der Waals surface area contributed by atoms with E-state index in [1.807, 2.05) is 31.2 Å². The van der Waals surface area contributed by atoms with Crippen LogP contribution in [0.2, 0.25) is 0 Å². The zero-order valence-corrected chi connectivity index (χ0v) is 11.8. The van der Waals surface area contributed by atoms with Gasteiger partial charge in [0.2, 0.25) is 0 Å². The lowest BCUT2D eigenvalue weighted by molar-refractivity contribution is 0.340. The molecule has 2 rings (SSSR count). The van der Waals surface area contributed by atoms with Gasteiger partial charge in [-0.05, 0) is 55.3 Å². The number of phenols is 1. The number of phenolic OH excluding ortho intramolecular Hbond substituents is 1. The van der Waals surface area contributed by atoms with Gasteiger partial charge in [0, 0.05) is 6.54 Å². The van der Waals surface area contributed by atoms with Gasteiger partial charge in [0.05, 0.1) is 6.61 Å². The van der Waals surface area contributed by atoms with Crippen LogP contribution in [-0.4, -0.2) is 18.3 Å². The van der Waals surface area contributed by atoms with E-state index in [2.05, 4.69) is 17.4 Å². The van der Waals surface area contributed by atoms with E-state index in [0.29, 0.717) is 12.4 Å². The van der Waals surface area contributed by atoms with Gasteiger partial charge in [-0.2, -0.15) is 0 Å². The van der Waals surface area contributed by atoms with E-state index in [9.17, 15) is 5.11 Å². The largest absolute Gasteiger partial charge is 0.508 e. The molecule has 0 spiro atoms. The number of hydrogen-bond donors (Lipinski definition) is 2. The minimum atomic E-state index is 0.316. The van der Waals surface area contributed by atoms with Crippen LogP contribution in [0.3, 0.4) is 0 Å². The Morgan fingerprint density at radius 3 is 2.25 bits per heavy atom. The molecule has 3 nitrogen and oxygen atoms in total. The second kappa shape index (κ2) is 7.56. The molecule has 0 aromatic heterocycles. The fourth-order valence-electron chi connectivity index (χ4n) is 2.00. The summed E-state index contributed by atoms with van der Waals surface area (Å²) in [4.78, 5) is 0. The van der Waals surface area contributed by atoms with E-state index in [0.717, 1.165) is 25.3 Å². The predicted octanol–water partition coefficient (Wildman–Crippen LogP) is 3.12. The molecule has 0 unspecified atom stereocenters. The SMILES string of the molecule is CCOc1ccc(CNCCc2ccc(O)cc2)cc1. The van der Waals surface area contributed by atoms with Gasteiger partial charge in [0.15, 0.2) is 0 Å². The second-order valence-electron chi connectivity index (χ2n) is 4.67. The monoisotopic (exact) mass is 271 g/mol. The van der Waals surface area contributed by atoms with Gasteiger partial charge in [-0.1, -0.05) is 24.3 Å². The summed E-state index contributed by atoms with van der Waals surface area (Å²) in [5.41, 5.74) is 2.47. The summed E-state index contributed by atoms with van der Waals surface area (Å²) in [6.45, 7) is 4.45. The highest BCUT2D eigenvalue weighted by atomic mass is 16.5. The van der Waals surface area contributed by atoms with Crippen molar-refractivity contribution in [3.05, 3.63) is 59.7 Å². The standard InChI is InChI=1S/C17H21NO2/c1-2-20-17-9-5-15(6-10-17)13-18-12-11-14-3-7-16(19)8-4-14/h3-10,18-19H,2,11-13H2,1H3. The molecule has 2 aromatic carbocycles. The molecule has 0 saturated heterocycles. The van der Waals surface area contributed by atoms with Crippen molar-refractivity contribution >= 4 is 0 Å². The lowest BCUT2D eigenvalue weighted by atomic mass is 10.1. The van der Waals surface area contributed by atoms with Gasteiger partial charge in [-0.15, -0.1) is 0 Å². The Kier molecular flexibility index (Phi) is 5.44. The smallest absolute Gasteiger partial charge is 0.119 e. The summed E-state index contributed by atoms with van der Waals surface area (Å²) < 4.78 is 5.41. The van der Waals surface area contributed by atoms with Crippen molar-refractivity contribution in [3.8, 4) is 11.5 Å². The van der Waals surface area contributed by atoms with Gasteiger partial charge in [0.25, 0.3) is 0 Å². The summed E-state index contributed by atoms with van der Waals surface area (Å²) in [5, 5.41) is 12.6. The van der Waals surface area contributed by atoms with Crippen LogP contribution in [0, 0.1) is 0 Å². The lowest BCUT2D eigenvalue weighted by Gasteiger charge is -2.07. The van der Waals surface area contributed by atoms with Crippen molar-refractivity contribution in [2.24, 2.45) is 0 Å². The number of ether oxygens (including phenoxy) is 1. The van der Waals surface area contributed by atoms with E-state index >= 15 is 0 Å². The number of benzene rings is 2. The maximum atomic E-state index is 9.21. The molecule has 0 aliphatic rings. The molecule has 0 fully saturated rings. The number of nitrogens with one attached hydrogen (secondary N) is 1. The normalized spacial score (nSPS) is 10.4. The molecular weight excluding hydrogens is 250 g/mol. The molecule has 2 N–H and O–H groups in total. The highest BCUT2D eigenvalue weighted by molar-refractivity contribution is 5.27. The van der Waals surface area contributed by atoms with Crippen molar-refractivity contribution in [2.45, 2.75) is 19.9 Å². The Hall–Kier alpha value is -2.00. The highest BCUT2D eigenvalue weighted by Crippen LogP contribution is 2.12. The van der Waals surface area contributed by atoms with Crippen molar-refractivity contribution < 1.29 is 9.84 Å². The van der Waals surface area contributed by atoms with Crippen LogP contribution < -0.4 is 10.1 Å². The first-order valence-corrected chi connectivity index (χ1v) is 6.98. The minimum Gasteiger partial charge on any atom is -0.508 e. The van der Waals surface area contributed by atoms with Crippen molar-refractivity contribution in [2.75, 3.05) is 13.2 Å². The van der Waals surface area contributed by atoms with Crippen molar-refractivity contribution in [1.82, 2.24) is 5.32 Å². The molecule has 2 aromatic rings. The van der Waals surface area contributed by atoms with Crippen LogP contribution in [0.25, 0.3) is 0 Å². The first-order valence-electron chi connectivity index (χ1n) is 6.98. The third kappa shape index (κ3) is 4.59. The maximum Gasteiger partial charge on any atom is 0.119 e. The van der Waals surface area contributed by atoms with E-state index in [4.69, 9.17) is 4.74 Å². The summed E-state index contributed by atoms with van der Waals surface area (Å²) >= 11 is 0. The molecule has 0 saturated carbocycles. The topological polar surface area (TPSA) is 41.5 Å². The lowest BCUT2D eigenvalue weighted by Crippen LogP contribution is -2.16. The Labute approximate surface area is 120 Å². The van der Waals surface area contributed by atoms with Gasteiger partial charge in [-0.25, -0.2) is 0 Å². The van der Waals surface area contributed by atoms with E-state index in [1.54, 1.807) is 12.1 Å². The van der Waals surface area contributed by atoms with Crippen LogP contribution in [-0.2, 0) is 13.0 Å². The van der Waals surface area contributed by atoms with Gasteiger partial charge in [0.1, 0.15) is 11.5 Å². The quantitative estimate of drug-likeness (QED) is 0.760. The molecule has 0 bridgehead atoms. The van der Waals surface area contributed by atoms with Crippen LogP contribution in [0.4, 0.5) is 0 Å². The van der Waals surface area contributed by atoms with Crippen LogP contribution in [0.1, 0.15) is 18.1 Å². The Morgan fingerprint density at radius 1 is 0.950 bits per heavy atom.